The van der Waals surface area contributed by atoms with Crippen molar-refractivity contribution in [2.45, 2.75) is 85.0 Å². The number of carbonyl (C=O) groups is 1. The maximum absolute atomic E-state index is 13.1. The van der Waals surface area contributed by atoms with Crippen LogP contribution in [0.1, 0.15) is 99.5 Å². The SMILES string of the molecule is C=c1cc2/c(c(-c3ccc(OCC)cc3)c1)=C\C=C/CC=C2Nc1ccc(C(=O)CCCCCC2CCC(C)CC2)c(C)c1. The summed E-state index contributed by atoms with van der Waals surface area (Å²) in [6.07, 6.45) is 20.5. The van der Waals surface area contributed by atoms with Crippen LogP contribution in [0.3, 0.4) is 0 Å². The minimum Gasteiger partial charge on any atom is -0.494 e. The van der Waals surface area contributed by atoms with Gasteiger partial charge in [0.25, 0.3) is 0 Å². The Morgan fingerprint density at radius 2 is 1.73 bits per heavy atom. The Balaban J connectivity index is 1.26. The fourth-order valence-electron chi connectivity index (χ4n) is 6.77. The van der Waals surface area contributed by atoms with E-state index in [-0.39, 0.29) is 5.78 Å². The first-order valence-corrected chi connectivity index (χ1v) is 16.8. The highest BCUT2D eigenvalue weighted by molar-refractivity contribution is 5.98. The summed E-state index contributed by atoms with van der Waals surface area (Å²) < 4.78 is 5.67. The van der Waals surface area contributed by atoms with Gasteiger partial charge in [0.1, 0.15) is 5.75 Å². The molecule has 44 heavy (non-hydrogen) atoms. The molecule has 230 valence electrons. The fourth-order valence-corrected chi connectivity index (χ4v) is 6.77. The van der Waals surface area contributed by atoms with Gasteiger partial charge in [-0.1, -0.05) is 94.9 Å². The molecular formula is C41H49NO2. The molecule has 5 rings (SSSR count). The van der Waals surface area contributed by atoms with Crippen LogP contribution in [0.4, 0.5) is 5.69 Å². The standard InChI is InChI=1S/C41H49NO2/c1-5-44-35-23-20-33(21-24-35)38-26-30(3)27-39-37(38)13-9-7-10-14-40(39)42-34-22-25-36(31(4)28-34)41(43)15-11-6-8-12-32-18-16-29(2)17-19-32/h7,9,13-14,20-29,32,42H,3,5-6,8,10-12,15-19H2,1-2,4H3/b9-7-,37-13-,40-14?. The third-order valence-corrected chi connectivity index (χ3v) is 9.32. The summed E-state index contributed by atoms with van der Waals surface area (Å²) in [5.41, 5.74) is 7.28. The number of rotatable bonds is 12. The van der Waals surface area contributed by atoms with Gasteiger partial charge in [0, 0.05) is 28.9 Å². The van der Waals surface area contributed by atoms with Gasteiger partial charge in [-0.2, -0.15) is 0 Å². The summed E-state index contributed by atoms with van der Waals surface area (Å²) in [5.74, 6) is 2.96. The van der Waals surface area contributed by atoms with Crippen LogP contribution in [0.2, 0.25) is 0 Å². The highest BCUT2D eigenvalue weighted by Gasteiger charge is 2.18. The van der Waals surface area contributed by atoms with Crippen molar-refractivity contribution in [2.24, 2.45) is 11.8 Å². The van der Waals surface area contributed by atoms with Crippen LogP contribution in [0.5, 0.6) is 5.75 Å². The molecule has 0 amide bonds. The topological polar surface area (TPSA) is 38.3 Å². The predicted octanol–water partition coefficient (Wildman–Crippen LogP) is 9.62. The minimum atomic E-state index is 0.262. The Morgan fingerprint density at radius 1 is 0.955 bits per heavy atom. The van der Waals surface area contributed by atoms with Crippen molar-refractivity contribution in [1.29, 1.82) is 0 Å². The molecule has 3 aromatic carbocycles. The number of ketones is 1. The highest BCUT2D eigenvalue weighted by atomic mass is 16.5. The maximum atomic E-state index is 13.1. The van der Waals surface area contributed by atoms with Gasteiger partial charge in [-0.05, 0) is 108 Å². The Bertz CT molecular complexity index is 1600. The summed E-state index contributed by atoms with van der Waals surface area (Å²) in [7, 11) is 0. The van der Waals surface area contributed by atoms with Crippen molar-refractivity contribution in [1.82, 2.24) is 0 Å². The van der Waals surface area contributed by atoms with Gasteiger partial charge in [0.15, 0.2) is 5.78 Å². The van der Waals surface area contributed by atoms with Crippen molar-refractivity contribution < 1.29 is 9.53 Å². The van der Waals surface area contributed by atoms with Crippen molar-refractivity contribution in [3.05, 3.63) is 100.0 Å². The van der Waals surface area contributed by atoms with Crippen molar-refractivity contribution >= 4 is 29.8 Å². The number of Topliss-reactive ketones (excluding diaryl/α,β-unsaturated/α-hetero) is 1. The van der Waals surface area contributed by atoms with E-state index >= 15 is 0 Å². The second kappa shape index (κ2) is 15.2. The summed E-state index contributed by atoms with van der Waals surface area (Å²) >= 11 is 0. The van der Waals surface area contributed by atoms with Crippen LogP contribution in [0.15, 0.2) is 72.8 Å². The van der Waals surface area contributed by atoms with Crippen molar-refractivity contribution in [3.8, 4) is 16.9 Å². The third-order valence-electron chi connectivity index (χ3n) is 9.32. The van der Waals surface area contributed by atoms with E-state index in [1.165, 1.54) is 38.5 Å². The summed E-state index contributed by atoms with van der Waals surface area (Å²) in [5, 5.41) is 5.80. The van der Waals surface area contributed by atoms with Crippen LogP contribution in [-0.4, -0.2) is 12.4 Å². The quantitative estimate of drug-likeness (QED) is 0.169. The molecule has 0 spiro atoms. The van der Waals surface area contributed by atoms with Crippen LogP contribution < -0.4 is 20.5 Å². The first kappa shape index (κ1) is 31.6. The fraction of sp³-hybridized carbons (Fsp3) is 0.390. The number of nitrogens with one attached hydrogen (secondary N) is 1. The number of anilines is 1. The van der Waals surface area contributed by atoms with Gasteiger partial charge in [-0.15, -0.1) is 0 Å². The molecule has 0 unspecified atom stereocenters. The lowest BCUT2D eigenvalue weighted by Gasteiger charge is -2.25. The number of carbonyl (C=O) groups excluding carboxylic acids is 1. The second-order valence-corrected chi connectivity index (χ2v) is 12.8. The van der Waals surface area contributed by atoms with E-state index in [2.05, 4.69) is 80.4 Å². The zero-order valence-corrected chi connectivity index (χ0v) is 27.0. The Labute approximate surface area is 264 Å². The van der Waals surface area contributed by atoms with Crippen molar-refractivity contribution in [2.75, 3.05) is 11.9 Å². The first-order chi connectivity index (χ1) is 21.4. The summed E-state index contributed by atoms with van der Waals surface area (Å²) in [6.45, 7) is 11.4. The van der Waals surface area contributed by atoms with Gasteiger partial charge >= 0.3 is 0 Å². The summed E-state index contributed by atoms with van der Waals surface area (Å²) in [6, 6.07) is 18.7. The predicted molar refractivity (Wildman–Crippen MR) is 187 cm³/mol. The van der Waals surface area contributed by atoms with E-state index in [1.54, 1.807) is 0 Å². The first-order valence-electron chi connectivity index (χ1n) is 16.8. The van der Waals surface area contributed by atoms with Crippen LogP contribution in [0.25, 0.3) is 29.5 Å². The molecule has 0 aromatic heterocycles. The van der Waals surface area contributed by atoms with E-state index in [1.807, 2.05) is 31.2 Å². The molecule has 3 nitrogen and oxygen atoms in total. The molecule has 1 fully saturated rings. The Kier molecular flexibility index (Phi) is 10.9. The monoisotopic (exact) mass is 587 g/mol. The van der Waals surface area contributed by atoms with E-state index in [9.17, 15) is 4.79 Å². The molecule has 2 aliphatic rings. The Morgan fingerprint density at radius 3 is 2.48 bits per heavy atom. The van der Waals surface area contributed by atoms with Gasteiger partial charge in [0.05, 0.1) is 6.61 Å². The highest BCUT2D eigenvalue weighted by Crippen LogP contribution is 2.32. The lowest BCUT2D eigenvalue weighted by atomic mass is 9.80. The van der Waals surface area contributed by atoms with E-state index in [0.29, 0.717) is 13.0 Å². The largest absolute Gasteiger partial charge is 0.494 e. The molecule has 1 N–H and O–H groups in total. The number of unbranched alkanes of at least 4 members (excludes halogenated alkanes) is 2. The molecular weight excluding hydrogens is 538 g/mol. The van der Waals surface area contributed by atoms with Gasteiger partial charge in [0.2, 0.25) is 0 Å². The molecule has 0 radical (unpaired) electrons. The van der Waals surface area contributed by atoms with Crippen LogP contribution in [0, 0.1) is 18.8 Å². The normalized spacial score (nSPS) is 19.4. The molecule has 3 heteroatoms. The Hall–Kier alpha value is -3.85. The molecule has 0 bridgehead atoms. The summed E-state index contributed by atoms with van der Waals surface area (Å²) in [4.78, 5) is 13.1. The van der Waals surface area contributed by atoms with Crippen LogP contribution >= 0.6 is 0 Å². The lowest BCUT2D eigenvalue weighted by molar-refractivity contribution is 0.0978. The number of fused-ring (bicyclic) bond motifs is 1. The molecule has 3 aromatic rings. The maximum Gasteiger partial charge on any atom is 0.163 e. The van der Waals surface area contributed by atoms with Gasteiger partial charge < -0.3 is 10.1 Å². The zero-order chi connectivity index (χ0) is 30.9. The van der Waals surface area contributed by atoms with E-state index < -0.39 is 0 Å². The van der Waals surface area contributed by atoms with Crippen LogP contribution in [-0.2, 0) is 0 Å². The van der Waals surface area contributed by atoms with Crippen molar-refractivity contribution in [3.63, 3.8) is 0 Å². The molecule has 2 aliphatic carbocycles. The molecule has 0 heterocycles. The number of aryl methyl sites for hydroxylation is 1. The number of benzene rings is 3. The average Bonchev–Trinajstić information content (AvgIpc) is 3.01. The number of allylic oxidation sites excluding steroid dienone is 3. The van der Waals surface area contributed by atoms with Gasteiger partial charge in [-0.25, -0.2) is 0 Å². The average molecular weight is 588 g/mol. The number of hydrogen-bond acceptors (Lipinski definition) is 3. The molecule has 1 saturated carbocycles. The molecule has 0 aliphatic heterocycles. The van der Waals surface area contributed by atoms with Gasteiger partial charge in [-0.3, -0.25) is 4.79 Å². The molecule has 0 atom stereocenters. The molecule has 0 saturated heterocycles. The second-order valence-electron chi connectivity index (χ2n) is 12.8. The number of hydrogen-bond donors (Lipinski definition) is 1. The minimum absolute atomic E-state index is 0.262. The lowest BCUT2D eigenvalue weighted by Crippen LogP contribution is -2.20. The van der Waals surface area contributed by atoms with E-state index in [4.69, 9.17) is 4.74 Å². The number of ether oxygens (including phenoxy) is 1. The zero-order valence-electron chi connectivity index (χ0n) is 27.0. The van der Waals surface area contributed by atoms with E-state index in [0.717, 1.165) is 86.5 Å². The smallest absolute Gasteiger partial charge is 0.163 e. The third kappa shape index (κ3) is 8.20.